The van der Waals surface area contributed by atoms with Crippen molar-refractivity contribution in [2.75, 3.05) is 12.8 Å². The monoisotopic (exact) mass is 331 g/mol. The number of methoxy groups -OCH3 is 1. The van der Waals surface area contributed by atoms with Crippen LogP contribution in [0.3, 0.4) is 0 Å². The molecular formula is C19H17N5O. The van der Waals surface area contributed by atoms with Gasteiger partial charge < -0.3 is 10.5 Å². The summed E-state index contributed by atoms with van der Waals surface area (Å²) in [6.07, 6.45) is 5.32. The molecule has 25 heavy (non-hydrogen) atoms. The molecule has 0 radical (unpaired) electrons. The number of hydrogen-bond acceptors (Lipinski definition) is 5. The van der Waals surface area contributed by atoms with E-state index in [-0.39, 0.29) is 5.82 Å². The Morgan fingerprint density at radius 2 is 2.08 bits per heavy atom. The Balaban J connectivity index is 2.11. The number of nitriles is 1. The lowest BCUT2D eigenvalue weighted by Gasteiger charge is -2.09. The third-order valence-electron chi connectivity index (χ3n) is 3.81. The molecule has 0 atom stereocenters. The van der Waals surface area contributed by atoms with E-state index in [1.807, 2.05) is 36.5 Å². The van der Waals surface area contributed by atoms with Crippen molar-refractivity contribution in [3.8, 4) is 34.2 Å². The molecule has 2 N–H and O–H groups in total. The number of nitrogens with zero attached hydrogens (tertiary/aromatic N) is 4. The molecule has 6 heteroatoms. The number of benzene rings is 1. The van der Waals surface area contributed by atoms with Gasteiger partial charge in [-0.1, -0.05) is 6.08 Å². The molecule has 0 spiro atoms. The Labute approximate surface area is 145 Å². The normalized spacial score (nSPS) is 10.2. The van der Waals surface area contributed by atoms with Crippen molar-refractivity contribution in [1.82, 2.24) is 14.8 Å². The highest BCUT2D eigenvalue weighted by atomic mass is 16.5. The summed E-state index contributed by atoms with van der Waals surface area (Å²) in [7, 11) is 1.62. The molecule has 2 heterocycles. The second kappa shape index (κ2) is 6.89. The SMILES string of the molecule is C=CCn1cc(-c2cc(-c3ccc(OC)cc3)nc(N)c2C#N)cn1. The first-order valence-electron chi connectivity index (χ1n) is 7.65. The van der Waals surface area contributed by atoms with Crippen LogP contribution in [0.4, 0.5) is 5.82 Å². The summed E-state index contributed by atoms with van der Waals surface area (Å²) in [4.78, 5) is 4.37. The maximum atomic E-state index is 9.47. The lowest BCUT2D eigenvalue weighted by Crippen LogP contribution is -1.99. The summed E-state index contributed by atoms with van der Waals surface area (Å²) in [6, 6.07) is 11.5. The van der Waals surface area contributed by atoms with E-state index in [1.54, 1.807) is 24.1 Å². The van der Waals surface area contributed by atoms with E-state index in [9.17, 15) is 5.26 Å². The second-order valence-corrected chi connectivity index (χ2v) is 5.40. The van der Waals surface area contributed by atoms with Crippen molar-refractivity contribution in [3.63, 3.8) is 0 Å². The topological polar surface area (TPSA) is 89.8 Å². The molecule has 3 rings (SSSR count). The molecule has 2 aromatic heterocycles. The number of pyridine rings is 1. The first-order chi connectivity index (χ1) is 12.2. The zero-order valence-corrected chi connectivity index (χ0v) is 13.8. The molecule has 124 valence electrons. The number of ether oxygens (including phenoxy) is 1. The van der Waals surface area contributed by atoms with E-state index < -0.39 is 0 Å². The summed E-state index contributed by atoms with van der Waals surface area (Å²) >= 11 is 0. The Morgan fingerprint density at radius 1 is 1.32 bits per heavy atom. The van der Waals surface area contributed by atoms with Crippen LogP contribution in [0.25, 0.3) is 22.4 Å². The zero-order valence-electron chi connectivity index (χ0n) is 13.8. The molecule has 0 saturated heterocycles. The van der Waals surface area contributed by atoms with Crippen molar-refractivity contribution in [2.24, 2.45) is 0 Å². The second-order valence-electron chi connectivity index (χ2n) is 5.40. The van der Waals surface area contributed by atoms with E-state index in [1.165, 1.54) is 0 Å². The van der Waals surface area contributed by atoms with Crippen molar-refractivity contribution in [2.45, 2.75) is 6.54 Å². The fourth-order valence-electron chi connectivity index (χ4n) is 2.55. The molecule has 0 unspecified atom stereocenters. The molecule has 0 bridgehead atoms. The first-order valence-corrected chi connectivity index (χ1v) is 7.65. The number of aromatic nitrogens is 3. The molecule has 1 aromatic carbocycles. The molecule has 0 aliphatic carbocycles. The van der Waals surface area contributed by atoms with Crippen LogP contribution in [0.2, 0.25) is 0 Å². The lowest BCUT2D eigenvalue weighted by atomic mass is 10.0. The zero-order chi connectivity index (χ0) is 17.8. The maximum absolute atomic E-state index is 9.47. The highest BCUT2D eigenvalue weighted by Crippen LogP contribution is 2.31. The van der Waals surface area contributed by atoms with Gasteiger partial charge in [0.25, 0.3) is 0 Å². The highest BCUT2D eigenvalue weighted by Gasteiger charge is 2.14. The minimum absolute atomic E-state index is 0.197. The Bertz CT molecular complexity index is 951. The lowest BCUT2D eigenvalue weighted by molar-refractivity contribution is 0.415. The predicted molar refractivity (Wildman–Crippen MR) is 96.8 cm³/mol. The van der Waals surface area contributed by atoms with Crippen molar-refractivity contribution in [1.29, 1.82) is 5.26 Å². The van der Waals surface area contributed by atoms with Crippen LogP contribution >= 0.6 is 0 Å². The summed E-state index contributed by atoms with van der Waals surface area (Å²) in [5.41, 5.74) is 9.45. The van der Waals surface area contributed by atoms with E-state index in [0.717, 1.165) is 16.9 Å². The Kier molecular flexibility index (Phi) is 4.48. The first kappa shape index (κ1) is 16.3. The fourth-order valence-corrected chi connectivity index (χ4v) is 2.55. The Morgan fingerprint density at radius 3 is 2.72 bits per heavy atom. The Hall–Kier alpha value is -3.59. The predicted octanol–water partition coefficient (Wildman–Crippen LogP) is 3.26. The van der Waals surface area contributed by atoms with Gasteiger partial charge >= 0.3 is 0 Å². The smallest absolute Gasteiger partial charge is 0.142 e. The number of rotatable bonds is 5. The standard InChI is InChI=1S/C19H17N5O/c1-3-8-24-12-14(11-22-24)16-9-18(23-19(21)17(16)10-20)13-4-6-15(25-2)7-5-13/h3-7,9,11-12H,1,8H2,2H3,(H2,21,23). The molecule has 3 aromatic rings. The summed E-state index contributed by atoms with van der Waals surface area (Å²) in [5.74, 6) is 0.957. The number of nitrogen functional groups attached to an aromatic ring is 1. The van der Waals surface area contributed by atoms with Crippen molar-refractivity contribution < 1.29 is 4.74 Å². The maximum Gasteiger partial charge on any atom is 0.142 e. The molecule has 0 aliphatic rings. The van der Waals surface area contributed by atoms with Gasteiger partial charge in [-0.15, -0.1) is 6.58 Å². The van der Waals surface area contributed by atoms with E-state index >= 15 is 0 Å². The van der Waals surface area contributed by atoms with Crippen LogP contribution in [0.5, 0.6) is 5.75 Å². The van der Waals surface area contributed by atoms with Crippen LogP contribution < -0.4 is 10.5 Å². The molecule has 0 saturated carbocycles. The van der Waals surface area contributed by atoms with Crippen molar-refractivity contribution >= 4 is 5.82 Å². The van der Waals surface area contributed by atoms with Crippen LogP contribution in [0.1, 0.15) is 5.56 Å². The van der Waals surface area contributed by atoms with Gasteiger partial charge in [0.15, 0.2) is 0 Å². The minimum atomic E-state index is 0.197. The van der Waals surface area contributed by atoms with Gasteiger partial charge in [-0.3, -0.25) is 4.68 Å². The molecule has 0 amide bonds. The van der Waals surface area contributed by atoms with Gasteiger partial charge in [-0.05, 0) is 30.3 Å². The minimum Gasteiger partial charge on any atom is -0.497 e. The van der Waals surface area contributed by atoms with Gasteiger partial charge in [-0.25, -0.2) is 4.98 Å². The number of hydrogen-bond donors (Lipinski definition) is 1. The van der Waals surface area contributed by atoms with Gasteiger partial charge in [0, 0.05) is 22.9 Å². The van der Waals surface area contributed by atoms with Gasteiger partial charge in [-0.2, -0.15) is 10.4 Å². The molecule has 0 aliphatic heterocycles. The van der Waals surface area contributed by atoms with E-state index in [2.05, 4.69) is 22.7 Å². The number of nitrogens with two attached hydrogens (primary N) is 1. The number of anilines is 1. The largest absolute Gasteiger partial charge is 0.497 e. The summed E-state index contributed by atoms with van der Waals surface area (Å²) in [6.45, 7) is 4.29. The van der Waals surface area contributed by atoms with Crippen LogP contribution in [0.15, 0.2) is 55.4 Å². The highest BCUT2D eigenvalue weighted by molar-refractivity contribution is 5.79. The summed E-state index contributed by atoms with van der Waals surface area (Å²) in [5, 5.41) is 13.7. The third-order valence-corrected chi connectivity index (χ3v) is 3.81. The molecule has 0 fully saturated rings. The van der Waals surface area contributed by atoms with Gasteiger partial charge in [0.2, 0.25) is 0 Å². The third kappa shape index (κ3) is 3.21. The van der Waals surface area contributed by atoms with Crippen LogP contribution in [-0.4, -0.2) is 21.9 Å². The van der Waals surface area contributed by atoms with Crippen LogP contribution in [0, 0.1) is 11.3 Å². The van der Waals surface area contributed by atoms with Gasteiger partial charge in [0.05, 0.1) is 25.5 Å². The summed E-state index contributed by atoms with van der Waals surface area (Å²) < 4.78 is 6.92. The fraction of sp³-hybridized carbons (Fsp3) is 0.105. The van der Waals surface area contributed by atoms with E-state index in [4.69, 9.17) is 10.5 Å². The quantitative estimate of drug-likeness (QED) is 0.725. The van der Waals surface area contributed by atoms with Crippen LogP contribution in [-0.2, 0) is 6.54 Å². The number of allylic oxidation sites excluding steroid dienone is 1. The van der Waals surface area contributed by atoms with Gasteiger partial charge in [0.1, 0.15) is 23.2 Å². The van der Waals surface area contributed by atoms with E-state index in [0.29, 0.717) is 23.4 Å². The van der Waals surface area contributed by atoms with Crippen molar-refractivity contribution in [3.05, 3.63) is 60.9 Å². The average Bonchev–Trinajstić information content (AvgIpc) is 3.10. The molecule has 6 nitrogen and oxygen atoms in total. The average molecular weight is 331 g/mol. The molecular weight excluding hydrogens is 314 g/mol.